The number of aromatic nitrogens is 2. The van der Waals surface area contributed by atoms with Crippen LogP contribution in [0.15, 0.2) is 41.2 Å². The van der Waals surface area contributed by atoms with Gasteiger partial charge in [0, 0.05) is 42.2 Å². The Morgan fingerprint density at radius 1 is 1.24 bits per heavy atom. The predicted octanol–water partition coefficient (Wildman–Crippen LogP) is 3.86. The number of pyridine rings is 2. The van der Waals surface area contributed by atoms with E-state index in [1.54, 1.807) is 13.1 Å². The molecule has 0 unspecified atom stereocenters. The number of alkyl halides is 1. The number of hydrogen-bond acceptors (Lipinski definition) is 6. The summed E-state index contributed by atoms with van der Waals surface area (Å²) in [6.07, 6.45) is 2.28. The van der Waals surface area contributed by atoms with E-state index in [4.69, 9.17) is 21.3 Å². The Balaban J connectivity index is 1.61. The third kappa shape index (κ3) is 5.35. The van der Waals surface area contributed by atoms with Crippen molar-refractivity contribution < 1.29 is 9.53 Å². The number of benzene rings is 1. The molecule has 8 nitrogen and oxygen atoms in total. The highest BCUT2D eigenvalue weighted by molar-refractivity contribution is 14.1. The zero-order valence-corrected chi connectivity index (χ0v) is 21.3. The molecule has 0 spiro atoms. The molecule has 1 fully saturated rings. The van der Waals surface area contributed by atoms with Crippen molar-refractivity contribution in [3.8, 4) is 5.75 Å². The lowest BCUT2D eigenvalue weighted by Gasteiger charge is -2.30. The molecule has 33 heavy (non-hydrogen) atoms. The number of piperidine rings is 1. The largest absolute Gasteiger partial charge is 0.478 e. The van der Waals surface area contributed by atoms with E-state index in [2.05, 4.69) is 38.1 Å². The van der Waals surface area contributed by atoms with Gasteiger partial charge in [-0.05, 0) is 49.2 Å². The number of carbonyl (C=O) groups is 1. The molecular formula is C23H25ClIN5O3. The number of nitrogens with one attached hydrogen (secondary N) is 2. The van der Waals surface area contributed by atoms with Crippen molar-refractivity contribution >= 4 is 68.3 Å². The van der Waals surface area contributed by atoms with Crippen molar-refractivity contribution in [2.45, 2.75) is 16.8 Å². The minimum absolute atomic E-state index is 0.113. The SMILES string of the molecule is CNC(=O)COc1cc2cc(Nc3nc(N4CCC(I)CC4)ccc3Cl)ccc2n(C)c1=O. The lowest BCUT2D eigenvalue weighted by Crippen LogP contribution is -2.34. The number of rotatable bonds is 6. The van der Waals surface area contributed by atoms with Crippen LogP contribution in [0.3, 0.4) is 0 Å². The Kier molecular flexibility index (Phi) is 7.28. The first-order valence-electron chi connectivity index (χ1n) is 10.7. The van der Waals surface area contributed by atoms with Crippen molar-refractivity contribution in [2.24, 2.45) is 7.05 Å². The maximum absolute atomic E-state index is 12.6. The zero-order valence-electron chi connectivity index (χ0n) is 18.4. The molecular weight excluding hydrogens is 557 g/mol. The van der Waals surface area contributed by atoms with Gasteiger partial charge in [0.1, 0.15) is 5.82 Å². The normalized spacial score (nSPS) is 14.4. The van der Waals surface area contributed by atoms with Gasteiger partial charge >= 0.3 is 0 Å². The molecule has 0 saturated carbocycles. The predicted molar refractivity (Wildman–Crippen MR) is 141 cm³/mol. The molecule has 1 amide bonds. The summed E-state index contributed by atoms with van der Waals surface area (Å²) < 4.78 is 7.65. The summed E-state index contributed by atoms with van der Waals surface area (Å²) in [6.45, 7) is 1.73. The summed E-state index contributed by atoms with van der Waals surface area (Å²) >= 11 is 8.94. The zero-order chi connectivity index (χ0) is 23.5. The first kappa shape index (κ1) is 23.6. The molecule has 174 valence electrons. The van der Waals surface area contributed by atoms with Crippen molar-refractivity contribution in [1.29, 1.82) is 0 Å². The van der Waals surface area contributed by atoms with E-state index >= 15 is 0 Å². The van der Waals surface area contributed by atoms with Gasteiger partial charge in [0.05, 0.1) is 10.5 Å². The third-order valence-corrected chi connectivity index (χ3v) is 7.22. The van der Waals surface area contributed by atoms with Gasteiger partial charge in [-0.2, -0.15) is 0 Å². The summed E-state index contributed by atoms with van der Waals surface area (Å²) in [7, 11) is 3.19. The number of fused-ring (bicyclic) bond motifs is 1. The fourth-order valence-corrected chi connectivity index (χ4v) is 4.47. The molecule has 4 rings (SSSR count). The van der Waals surface area contributed by atoms with E-state index in [-0.39, 0.29) is 23.8 Å². The number of likely N-dealkylation sites (N-methyl/N-ethyl adjacent to an activating group) is 1. The quantitative estimate of drug-likeness (QED) is 0.340. The number of carbonyl (C=O) groups excluding carboxylic acids is 1. The standard InChI is InChI=1S/C23H25ClIN5O3/c1-26-21(31)13-33-19-12-14-11-16(3-5-18(14)29(2)23(19)32)27-22-17(24)4-6-20(28-22)30-9-7-15(25)8-10-30/h3-6,11-12,15H,7-10,13H2,1-2H3,(H,26,31)(H,27,28). The van der Waals surface area contributed by atoms with Crippen LogP contribution in [0, 0.1) is 0 Å². The van der Waals surface area contributed by atoms with Crippen molar-refractivity contribution in [2.75, 3.05) is 37.0 Å². The van der Waals surface area contributed by atoms with Crippen LogP contribution in [0.5, 0.6) is 5.75 Å². The summed E-state index contributed by atoms with van der Waals surface area (Å²) in [5.41, 5.74) is 1.21. The molecule has 1 aliphatic heterocycles. The number of halogens is 2. The van der Waals surface area contributed by atoms with Crippen LogP contribution >= 0.6 is 34.2 Å². The first-order valence-corrected chi connectivity index (χ1v) is 12.3. The molecule has 3 aromatic rings. The maximum Gasteiger partial charge on any atom is 0.293 e. The Labute approximate surface area is 210 Å². The molecule has 1 saturated heterocycles. The van der Waals surface area contributed by atoms with Gasteiger partial charge in [0.15, 0.2) is 18.2 Å². The highest BCUT2D eigenvalue weighted by Crippen LogP contribution is 2.30. The van der Waals surface area contributed by atoms with E-state index < -0.39 is 0 Å². The van der Waals surface area contributed by atoms with Gasteiger partial charge in [-0.15, -0.1) is 0 Å². The monoisotopic (exact) mass is 581 g/mol. The Morgan fingerprint density at radius 3 is 2.73 bits per heavy atom. The Morgan fingerprint density at radius 2 is 2.00 bits per heavy atom. The molecule has 1 aromatic carbocycles. The average Bonchev–Trinajstić information content (AvgIpc) is 2.82. The molecule has 2 N–H and O–H groups in total. The number of amides is 1. The van der Waals surface area contributed by atoms with E-state index in [1.807, 2.05) is 30.3 Å². The average molecular weight is 582 g/mol. The van der Waals surface area contributed by atoms with Crippen molar-refractivity contribution in [3.63, 3.8) is 0 Å². The summed E-state index contributed by atoms with van der Waals surface area (Å²) in [5.74, 6) is 1.28. The second-order valence-electron chi connectivity index (χ2n) is 7.89. The summed E-state index contributed by atoms with van der Waals surface area (Å²) in [6, 6.07) is 11.1. The van der Waals surface area contributed by atoms with Gasteiger partial charge in [-0.1, -0.05) is 34.2 Å². The molecule has 0 radical (unpaired) electrons. The van der Waals surface area contributed by atoms with Crippen LogP contribution in [-0.2, 0) is 11.8 Å². The van der Waals surface area contributed by atoms with Crippen molar-refractivity contribution in [1.82, 2.24) is 14.9 Å². The van der Waals surface area contributed by atoms with Crippen LogP contribution in [0.2, 0.25) is 5.02 Å². The molecule has 0 atom stereocenters. The minimum atomic E-state index is -0.309. The van der Waals surface area contributed by atoms with Gasteiger partial charge in [-0.3, -0.25) is 9.59 Å². The van der Waals surface area contributed by atoms with Crippen LogP contribution in [0.1, 0.15) is 12.8 Å². The third-order valence-electron chi connectivity index (χ3n) is 5.67. The molecule has 3 heterocycles. The van der Waals surface area contributed by atoms with Gasteiger partial charge in [0.2, 0.25) is 0 Å². The highest BCUT2D eigenvalue weighted by atomic mass is 127. The van der Waals surface area contributed by atoms with E-state index in [0.29, 0.717) is 14.8 Å². The molecule has 0 bridgehead atoms. The second-order valence-corrected chi connectivity index (χ2v) is 10.1. The Bertz CT molecular complexity index is 1240. The van der Waals surface area contributed by atoms with Gasteiger partial charge in [0.25, 0.3) is 11.5 Å². The summed E-state index contributed by atoms with van der Waals surface area (Å²) in [5, 5.41) is 7.08. The molecule has 10 heteroatoms. The van der Waals surface area contributed by atoms with Gasteiger partial charge < -0.3 is 24.8 Å². The molecule has 0 aliphatic carbocycles. The van der Waals surface area contributed by atoms with E-state index in [0.717, 1.165) is 48.3 Å². The second kappa shape index (κ2) is 10.2. The minimum Gasteiger partial charge on any atom is -0.478 e. The van der Waals surface area contributed by atoms with Crippen LogP contribution in [-0.4, -0.2) is 46.1 Å². The fourth-order valence-electron chi connectivity index (χ4n) is 3.76. The van der Waals surface area contributed by atoms with E-state index in [1.165, 1.54) is 11.6 Å². The number of hydrogen-bond donors (Lipinski definition) is 2. The topological polar surface area (TPSA) is 88.5 Å². The molecule has 1 aliphatic rings. The summed E-state index contributed by atoms with van der Waals surface area (Å²) in [4.78, 5) is 31.1. The number of aryl methyl sites for hydroxylation is 1. The van der Waals surface area contributed by atoms with Crippen LogP contribution in [0.4, 0.5) is 17.3 Å². The maximum atomic E-state index is 12.6. The van der Waals surface area contributed by atoms with Crippen LogP contribution in [0.25, 0.3) is 10.9 Å². The van der Waals surface area contributed by atoms with Gasteiger partial charge in [-0.25, -0.2) is 4.98 Å². The van der Waals surface area contributed by atoms with E-state index in [9.17, 15) is 9.59 Å². The molecule has 2 aromatic heterocycles. The Hall–Kier alpha value is -2.53. The smallest absolute Gasteiger partial charge is 0.293 e. The number of ether oxygens (including phenoxy) is 1. The lowest BCUT2D eigenvalue weighted by molar-refractivity contribution is -0.122. The number of nitrogens with zero attached hydrogens (tertiary/aromatic N) is 3. The highest BCUT2D eigenvalue weighted by Gasteiger charge is 2.19. The lowest BCUT2D eigenvalue weighted by atomic mass is 10.1. The number of anilines is 3. The van der Waals surface area contributed by atoms with Crippen LogP contribution < -0.4 is 25.8 Å². The first-order chi connectivity index (χ1) is 15.9. The van der Waals surface area contributed by atoms with Crippen molar-refractivity contribution in [3.05, 3.63) is 51.8 Å². The fraction of sp³-hybridized carbons (Fsp3) is 0.348.